The van der Waals surface area contributed by atoms with Crippen LogP contribution in [0.1, 0.15) is 17.3 Å². The molecular formula is C19H23ClFN3O3. The lowest BCUT2D eigenvalue weighted by Gasteiger charge is -2.34. The molecule has 0 N–H and O–H groups in total. The molecule has 27 heavy (non-hydrogen) atoms. The molecule has 0 unspecified atom stereocenters. The molecule has 0 atom stereocenters. The summed E-state index contributed by atoms with van der Waals surface area (Å²) in [5, 5.41) is 0.154. The van der Waals surface area contributed by atoms with E-state index in [0.717, 1.165) is 13.1 Å². The number of hydrogen-bond acceptors (Lipinski definition) is 5. The van der Waals surface area contributed by atoms with Gasteiger partial charge in [0.15, 0.2) is 0 Å². The van der Waals surface area contributed by atoms with Gasteiger partial charge in [-0.25, -0.2) is 9.18 Å². The second kappa shape index (κ2) is 8.27. The monoisotopic (exact) mass is 395 g/mol. The van der Waals surface area contributed by atoms with Crippen LogP contribution in [0.15, 0.2) is 23.1 Å². The number of piperazine rings is 1. The average Bonchev–Trinajstić information content (AvgIpc) is 2.65. The van der Waals surface area contributed by atoms with Crippen LogP contribution in [-0.4, -0.2) is 61.1 Å². The Bertz CT molecular complexity index is 907. The standard InChI is InChI=1S/C19H23ClFN3O3/c1-3-27-19(26)14-12-24(5-4-20)16-11-17(15(21)10-13(16)18(14)25)23-8-6-22(2)7-9-23/h10-12H,3-9H2,1-2H3. The van der Waals surface area contributed by atoms with E-state index < -0.39 is 17.2 Å². The van der Waals surface area contributed by atoms with Crippen LogP contribution in [0.3, 0.4) is 0 Å². The molecule has 1 saturated heterocycles. The number of ether oxygens (including phenoxy) is 1. The molecule has 0 amide bonds. The largest absolute Gasteiger partial charge is 0.462 e. The summed E-state index contributed by atoms with van der Waals surface area (Å²) in [6.07, 6.45) is 1.46. The van der Waals surface area contributed by atoms with E-state index in [1.165, 1.54) is 12.3 Å². The van der Waals surface area contributed by atoms with Gasteiger partial charge in [0, 0.05) is 50.2 Å². The number of nitrogens with zero attached hydrogens (tertiary/aromatic N) is 3. The number of carbonyl (C=O) groups is 1. The molecule has 146 valence electrons. The maximum absolute atomic E-state index is 14.8. The minimum absolute atomic E-state index is 0.110. The summed E-state index contributed by atoms with van der Waals surface area (Å²) >= 11 is 5.90. The number of benzene rings is 1. The zero-order chi connectivity index (χ0) is 19.6. The molecule has 3 rings (SSSR count). The first kappa shape index (κ1) is 19.6. The van der Waals surface area contributed by atoms with Gasteiger partial charge in [0.2, 0.25) is 5.43 Å². The fourth-order valence-corrected chi connectivity index (χ4v) is 3.50. The van der Waals surface area contributed by atoms with E-state index in [4.69, 9.17) is 16.3 Å². The maximum atomic E-state index is 14.8. The molecule has 6 nitrogen and oxygen atoms in total. The second-order valence-electron chi connectivity index (χ2n) is 6.59. The molecule has 1 aromatic carbocycles. The third-order valence-electron chi connectivity index (χ3n) is 4.81. The third-order valence-corrected chi connectivity index (χ3v) is 4.98. The Balaban J connectivity index is 2.15. The fraction of sp³-hybridized carbons (Fsp3) is 0.474. The van der Waals surface area contributed by atoms with Gasteiger partial charge in [0.25, 0.3) is 0 Å². The molecule has 0 spiro atoms. The molecule has 8 heteroatoms. The number of aromatic nitrogens is 1. The van der Waals surface area contributed by atoms with E-state index in [0.29, 0.717) is 36.7 Å². The minimum Gasteiger partial charge on any atom is -0.462 e. The quantitative estimate of drug-likeness (QED) is 0.574. The summed E-state index contributed by atoms with van der Waals surface area (Å²) in [6, 6.07) is 2.90. The highest BCUT2D eigenvalue weighted by molar-refractivity contribution is 6.17. The number of alkyl halides is 1. The van der Waals surface area contributed by atoms with Gasteiger partial charge in [-0.05, 0) is 26.1 Å². The van der Waals surface area contributed by atoms with E-state index >= 15 is 0 Å². The topological polar surface area (TPSA) is 54.8 Å². The van der Waals surface area contributed by atoms with Crippen molar-refractivity contribution in [2.75, 3.05) is 50.6 Å². The van der Waals surface area contributed by atoms with E-state index in [1.807, 2.05) is 11.9 Å². The molecule has 1 aromatic heterocycles. The van der Waals surface area contributed by atoms with Crippen molar-refractivity contribution in [3.05, 3.63) is 39.9 Å². The zero-order valence-corrected chi connectivity index (χ0v) is 16.3. The number of rotatable bonds is 5. The Morgan fingerprint density at radius 1 is 1.26 bits per heavy atom. The molecule has 2 aromatic rings. The van der Waals surface area contributed by atoms with Crippen LogP contribution in [-0.2, 0) is 11.3 Å². The van der Waals surface area contributed by atoms with Gasteiger partial charge >= 0.3 is 5.97 Å². The Kier molecular flexibility index (Phi) is 6.01. The van der Waals surface area contributed by atoms with E-state index in [1.54, 1.807) is 17.6 Å². The number of pyridine rings is 1. The first-order valence-electron chi connectivity index (χ1n) is 8.99. The number of aryl methyl sites for hydroxylation is 1. The lowest BCUT2D eigenvalue weighted by molar-refractivity contribution is 0.0524. The smallest absolute Gasteiger partial charge is 0.343 e. The van der Waals surface area contributed by atoms with Gasteiger partial charge < -0.3 is 19.1 Å². The SMILES string of the molecule is CCOC(=O)c1cn(CCCl)c2cc(N3CCN(C)CC3)c(F)cc2c1=O. The number of esters is 1. The Morgan fingerprint density at radius 2 is 1.96 bits per heavy atom. The Morgan fingerprint density at radius 3 is 2.59 bits per heavy atom. The predicted octanol–water partition coefficient (Wildman–Crippen LogP) is 2.31. The summed E-state index contributed by atoms with van der Waals surface area (Å²) in [4.78, 5) is 29.0. The Labute approximate surface area is 162 Å². The van der Waals surface area contributed by atoms with Crippen molar-refractivity contribution in [2.45, 2.75) is 13.5 Å². The molecule has 1 fully saturated rings. The molecule has 0 radical (unpaired) electrons. The zero-order valence-electron chi connectivity index (χ0n) is 15.5. The molecule has 0 saturated carbocycles. The van der Waals surface area contributed by atoms with Crippen molar-refractivity contribution >= 4 is 34.2 Å². The van der Waals surface area contributed by atoms with Crippen molar-refractivity contribution in [3.8, 4) is 0 Å². The van der Waals surface area contributed by atoms with E-state index in [9.17, 15) is 14.0 Å². The molecule has 1 aliphatic rings. The third kappa shape index (κ3) is 3.94. The minimum atomic E-state index is -0.712. The summed E-state index contributed by atoms with van der Waals surface area (Å²) in [7, 11) is 2.03. The Hall–Kier alpha value is -2.12. The number of hydrogen-bond donors (Lipinski definition) is 0. The predicted molar refractivity (Wildman–Crippen MR) is 105 cm³/mol. The summed E-state index contributed by atoms with van der Waals surface area (Å²) in [5.41, 5.74) is 0.380. The van der Waals surface area contributed by atoms with Crippen molar-refractivity contribution in [2.24, 2.45) is 0 Å². The van der Waals surface area contributed by atoms with E-state index in [-0.39, 0.29) is 17.6 Å². The van der Waals surface area contributed by atoms with Crippen LogP contribution in [0.4, 0.5) is 10.1 Å². The lowest BCUT2D eigenvalue weighted by Crippen LogP contribution is -2.44. The van der Waals surface area contributed by atoms with Crippen LogP contribution < -0.4 is 10.3 Å². The van der Waals surface area contributed by atoms with Crippen LogP contribution in [0.5, 0.6) is 0 Å². The first-order chi connectivity index (χ1) is 13.0. The van der Waals surface area contributed by atoms with Crippen LogP contribution >= 0.6 is 11.6 Å². The average molecular weight is 396 g/mol. The van der Waals surface area contributed by atoms with Gasteiger partial charge in [-0.3, -0.25) is 4.79 Å². The lowest BCUT2D eigenvalue weighted by atomic mass is 10.1. The van der Waals surface area contributed by atoms with E-state index in [2.05, 4.69) is 4.90 Å². The van der Waals surface area contributed by atoms with Crippen molar-refractivity contribution in [1.82, 2.24) is 9.47 Å². The highest BCUT2D eigenvalue weighted by atomic mass is 35.5. The summed E-state index contributed by atoms with van der Waals surface area (Å²) in [6.45, 7) is 5.31. The van der Waals surface area contributed by atoms with Crippen molar-refractivity contribution in [1.29, 1.82) is 0 Å². The van der Waals surface area contributed by atoms with Crippen LogP contribution in [0.2, 0.25) is 0 Å². The number of anilines is 1. The number of fused-ring (bicyclic) bond motifs is 1. The van der Waals surface area contributed by atoms with Crippen molar-refractivity contribution in [3.63, 3.8) is 0 Å². The normalized spacial score (nSPS) is 15.3. The molecule has 0 bridgehead atoms. The first-order valence-corrected chi connectivity index (χ1v) is 9.53. The second-order valence-corrected chi connectivity index (χ2v) is 6.96. The summed E-state index contributed by atoms with van der Waals surface area (Å²) in [5.74, 6) is -0.889. The highest BCUT2D eigenvalue weighted by Crippen LogP contribution is 2.26. The van der Waals surface area contributed by atoms with Crippen molar-refractivity contribution < 1.29 is 13.9 Å². The molecule has 2 heterocycles. The molecule has 0 aliphatic carbocycles. The highest BCUT2D eigenvalue weighted by Gasteiger charge is 2.22. The number of carbonyl (C=O) groups excluding carboxylic acids is 1. The fourth-order valence-electron chi connectivity index (χ4n) is 3.32. The van der Waals surface area contributed by atoms with Crippen LogP contribution in [0, 0.1) is 5.82 Å². The molecule has 1 aliphatic heterocycles. The van der Waals surface area contributed by atoms with Gasteiger partial charge in [0.05, 0.1) is 17.8 Å². The van der Waals surface area contributed by atoms with Gasteiger partial charge in [-0.15, -0.1) is 11.6 Å². The number of halogens is 2. The maximum Gasteiger partial charge on any atom is 0.343 e. The number of likely N-dealkylation sites (N-methyl/N-ethyl adjacent to an activating group) is 1. The van der Waals surface area contributed by atoms with Crippen LogP contribution in [0.25, 0.3) is 10.9 Å². The molecular weight excluding hydrogens is 373 g/mol. The van der Waals surface area contributed by atoms with Gasteiger partial charge in [0.1, 0.15) is 11.4 Å². The van der Waals surface area contributed by atoms with Gasteiger partial charge in [-0.2, -0.15) is 0 Å². The van der Waals surface area contributed by atoms with Gasteiger partial charge in [-0.1, -0.05) is 0 Å². The summed E-state index contributed by atoms with van der Waals surface area (Å²) < 4.78 is 21.5.